The molecule has 17 heteroatoms. The van der Waals surface area contributed by atoms with E-state index in [0.29, 0.717) is 13.0 Å². The lowest BCUT2D eigenvalue weighted by molar-refractivity contribution is -0.143. The number of aliphatic carboxylic acids is 4. The predicted molar refractivity (Wildman–Crippen MR) is 132 cm³/mol. The van der Waals surface area contributed by atoms with Crippen LogP contribution < -0.4 is 21.5 Å². The van der Waals surface area contributed by atoms with E-state index in [-0.39, 0.29) is 45.1 Å². The maximum Gasteiger partial charge on any atom is 0.326 e. The summed E-state index contributed by atoms with van der Waals surface area (Å²) in [5, 5.41) is 43.0. The van der Waals surface area contributed by atoms with E-state index in [1.165, 1.54) is 0 Å². The highest BCUT2D eigenvalue weighted by Gasteiger charge is 2.24. The standard InChI is InChI=1S/C21H37N4O12P/c22-11-3-1-2-6-16(26)24-14(20(32)33)7-9-17(27)23-13(19(30)31)5-4-12-37-38(36)25-15(21(34)35)8-10-18(28)29/h13-15,38H,1-12,22H2,(H,23,27)(H,24,26)(H,25,36)(H,28,29)(H,30,31)(H,32,33)(H,34,35). The molecule has 0 spiro atoms. The van der Waals surface area contributed by atoms with Gasteiger partial charge in [0.2, 0.25) is 11.8 Å². The van der Waals surface area contributed by atoms with Gasteiger partial charge in [0.15, 0.2) is 0 Å². The topological polar surface area (TPSA) is 272 Å². The fourth-order valence-corrected chi connectivity index (χ4v) is 4.06. The zero-order valence-corrected chi connectivity index (χ0v) is 21.8. The van der Waals surface area contributed by atoms with Crippen LogP contribution in [0.15, 0.2) is 0 Å². The van der Waals surface area contributed by atoms with Gasteiger partial charge >= 0.3 is 23.9 Å². The number of hydrogen-bond acceptors (Lipinski definition) is 9. The van der Waals surface area contributed by atoms with Crippen LogP contribution in [0.3, 0.4) is 0 Å². The van der Waals surface area contributed by atoms with Gasteiger partial charge < -0.3 is 41.3 Å². The highest BCUT2D eigenvalue weighted by molar-refractivity contribution is 7.36. The summed E-state index contributed by atoms with van der Waals surface area (Å²) in [6, 6.07) is -4.09. The van der Waals surface area contributed by atoms with Crippen molar-refractivity contribution in [3.05, 3.63) is 0 Å². The number of carbonyl (C=O) groups excluding carboxylic acids is 2. The summed E-state index contributed by atoms with van der Waals surface area (Å²) in [5.74, 6) is -6.57. The maximum atomic E-state index is 12.2. The lowest BCUT2D eigenvalue weighted by Crippen LogP contribution is -2.44. The number of rotatable bonds is 23. The van der Waals surface area contributed by atoms with Crippen LogP contribution in [0.4, 0.5) is 0 Å². The number of nitrogens with two attached hydrogens (primary N) is 1. The highest BCUT2D eigenvalue weighted by atomic mass is 31.1. The zero-order valence-electron chi connectivity index (χ0n) is 20.8. The predicted octanol–water partition coefficient (Wildman–Crippen LogP) is -0.481. The van der Waals surface area contributed by atoms with Gasteiger partial charge in [-0.05, 0) is 45.1 Å². The molecule has 0 aliphatic heterocycles. The molecule has 0 aliphatic carbocycles. The van der Waals surface area contributed by atoms with Gasteiger partial charge in [0.05, 0.1) is 6.61 Å². The van der Waals surface area contributed by atoms with Crippen LogP contribution >= 0.6 is 8.18 Å². The molecule has 0 heterocycles. The summed E-state index contributed by atoms with van der Waals surface area (Å²) in [6.07, 6.45) is 0.570. The first-order valence-electron chi connectivity index (χ1n) is 12.0. The SMILES string of the molecule is NCCCCCC(=O)NC(CCC(=O)NC(CCCO[PH](=O)NC(CCC(=O)O)C(=O)O)C(=O)O)C(=O)O. The summed E-state index contributed by atoms with van der Waals surface area (Å²) in [6.45, 7) is 0.244. The van der Waals surface area contributed by atoms with Crippen LogP contribution in [0, 0.1) is 0 Å². The van der Waals surface area contributed by atoms with Gasteiger partial charge in [0, 0.05) is 19.3 Å². The monoisotopic (exact) mass is 568 g/mol. The van der Waals surface area contributed by atoms with Crippen molar-refractivity contribution in [2.45, 2.75) is 82.3 Å². The van der Waals surface area contributed by atoms with Crippen LogP contribution in [0.5, 0.6) is 0 Å². The largest absolute Gasteiger partial charge is 0.481 e. The van der Waals surface area contributed by atoms with Crippen molar-refractivity contribution >= 4 is 43.9 Å². The molecule has 0 bridgehead atoms. The molecule has 0 saturated carbocycles. The molecule has 2 amide bonds. The molecule has 0 aromatic heterocycles. The Balaban J connectivity index is 4.53. The van der Waals surface area contributed by atoms with Crippen molar-refractivity contribution in [1.29, 1.82) is 0 Å². The number of carbonyl (C=O) groups is 6. The molecule has 0 aromatic carbocycles. The Kier molecular flexibility index (Phi) is 18.4. The van der Waals surface area contributed by atoms with E-state index in [2.05, 4.69) is 15.7 Å². The fourth-order valence-electron chi connectivity index (χ4n) is 3.09. The third-order valence-electron chi connectivity index (χ3n) is 5.14. The summed E-state index contributed by atoms with van der Waals surface area (Å²) in [5.41, 5.74) is 5.37. The smallest absolute Gasteiger partial charge is 0.326 e. The van der Waals surface area contributed by atoms with E-state index in [0.717, 1.165) is 12.8 Å². The molecular weight excluding hydrogens is 531 g/mol. The summed E-state index contributed by atoms with van der Waals surface area (Å²) >= 11 is 0. The number of carboxylic acids is 4. The summed E-state index contributed by atoms with van der Waals surface area (Å²) < 4.78 is 16.9. The van der Waals surface area contributed by atoms with Gasteiger partial charge in [-0.2, -0.15) is 0 Å². The first kappa shape index (κ1) is 34.9. The number of amides is 2. The Bertz CT molecular complexity index is 841. The average Bonchev–Trinajstić information content (AvgIpc) is 2.83. The Hall–Kier alpha value is -3.07. The minimum absolute atomic E-state index is 0.0140. The van der Waals surface area contributed by atoms with Gasteiger partial charge in [0.25, 0.3) is 8.18 Å². The first-order chi connectivity index (χ1) is 17.9. The number of carboxylic acid groups (broad SMARTS) is 4. The average molecular weight is 569 g/mol. The van der Waals surface area contributed by atoms with Crippen molar-refractivity contribution in [3.8, 4) is 0 Å². The Morgan fingerprint density at radius 3 is 1.74 bits per heavy atom. The number of nitrogens with one attached hydrogen (secondary N) is 3. The molecule has 4 unspecified atom stereocenters. The van der Waals surface area contributed by atoms with Crippen molar-refractivity contribution in [1.82, 2.24) is 15.7 Å². The molecule has 0 aromatic rings. The molecule has 9 N–H and O–H groups in total. The Morgan fingerprint density at radius 1 is 0.684 bits per heavy atom. The third kappa shape index (κ3) is 17.4. The van der Waals surface area contributed by atoms with E-state index in [4.69, 9.17) is 20.5 Å². The van der Waals surface area contributed by atoms with Crippen LogP contribution in [0.1, 0.15) is 64.2 Å². The lowest BCUT2D eigenvalue weighted by atomic mass is 10.1. The zero-order chi connectivity index (χ0) is 29.1. The van der Waals surface area contributed by atoms with Crippen LogP contribution in [0.25, 0.3) is 0 Å². The molecule has 0 aliphatic rings. The molecule has 0 radical (unpaired) electrons. The quantitative estimate of drug-likeness (QED) is 0.0571. The van der Waals surface area contributed by atoms with Crippen molar-refractivity contribution in [3.63, 3.8) is 0 Å². The second-order valence-corrected chi connectivity index (χ2v) is 9.45. The van der Waals surface area contributed by atoms with Gasteiger partial charge in [-0.3, -0.25) is 23.7 Å². The van der Waals surface area contributed by atoms with Crippen LogP contribution in [0.2, 0.25) is 0 Å². The third-order valence-corrected chi connectivity index (χ3v) is 6.19. The summed E-state index contributed by atoms with van der Waals surface area (Å²) in [4.78, 5) is 68.6. The molecule has 0 fully saturated rings. The maximum absolute atomic E-state index is 12.2. The highest BCUT2D eigenvalue weighted by Crippen LogP contribution is 2.20. The molecule has 38 heavy (non-hydrogen) atoms. The second-order valence-electron chi connectivity index (χ2n) is 8.30. The number of hydrogen-bond donors (Lipinski definition) is 8. The normalized spacial score (nSPS) is 14.0. The molecule has 0 rings (SSSR count). The molecule has 0 saturated heterocycles. The minimum Gasteiger partial charge on any atom is -0.481 e. The van der Waals surface area contributed by atoms with Crippen LogP contribution in [-0.4, -0.2) is 87.4 Å². The van der Waals surface area contributed by atoms with E-state index in [9.17, 15) is 43.5 Å². The van der Waals surface area contributed by atoms with E-state index < -0.39 is 68.4 Å². The molecule has 4 atom stereocenters. The molecule has 218 valence electrons. The second kappa shape index (κ2) is 20.0. The van der Waals surface area contributed by atoms with Gasteiger partial charge in [-0.1, -0.05) is 6.42 Å². The Morgan fingerprint density at radius 2 is 1.21 bits per heavy atom. The van der Waals surface area contributed by atoms with E-state index in [1.54, 1.807) is 0 Å². The van der Waals surface area contributed by atoms with E-state index in [1.807, 2.05) is 0 Å². The minimum atomic E-state index is -3.07. The van der Waals surface area contributed by atoms with Crippen molar-refractivity contribution in [2.24, 2.45) is 5.73 Å². The summed E-state index contributed by atoms with van der Waals surface area (Å²) in [7, 11) is -3.07. The van der Waals surface area contributed by atoms with Gasteiger partial charge in [-0.25, -0.2) is 14.7 Å². The van der Waals surface area contributed by atoms with Crippen LogP contribution in [-0.2, 0) is 37.9 Å². The Labute approximate surface area is 219 Å². The fraction of sp³-hybridized carbons (Fsp3) is 0.714. The number of unbranched alkanes of at least 4 members (excludes halogenated alkanes) is 2. The van der Waals surface area contributed by atoms with Gasteiger partial charge in [0.1, 0.15) is 18.1 Å². The molecular formula is C21H37N4O12P. The van der Waals surface area contributed by atoms with Crippen molar-refractivity contribution in [2.75, 3.05) is 13.2 Å². The van der Waals surface area contributed by atoms with Gasteiger partial charge in [-0.15, -0.1) is 0 Å². The first-order valence-corrected chi connectivity index (χ1v) is 13.3. The van der Waals surface area contributed by atoms with Crippen molar-refractivity contribution < 1.29 is 58.3 Å². The molecule has 16 nitrogen and oxygen atoms in total. The van der Waals surface area contributed by atoms with E-state index >= 15 is 0 Å². The lowest BCUT2D eigenvalue weighted by Gasteiger charge is -2.17.